The predicted octanol–water partition coefficient (Wildman–Crippen LogP) is 3.60. The molecule has 1 saturated carbocycles. The number of hydrogen-bond acceptors (Lipinski definition) is 2. The SMILES string of the molecule is O=C(CSCc1cccc2ccccc12)NCC1CC1. The third-order valence-electron chi connectivity index (χ3n) is 3.66. The van der Waals surface area contributed by atoms with E-state index in [1.54, 1.807) is 11.8 Å². The highest BCUT2D eigenvalue weighted by Gasteiger charge is 2.21. The van der Waals surface area contributed by atoms with Crippen molar-refractivity contribution < 1.29 is 4.79 Å². The van der Waals surface area contributed by atoms with Crippen molar-refractivity contribution in [2.24, 2.45) is 5.92 Å². The normalized spacial score (nSPS) is 14.4. The number of rotatable bonds is 6. The molecule has 2 aromatic carbocycles. The summed E-state index contributed by atoms with van der Waals surface area (Å²) in [5.41, 5.74) is 1.31. The molecule has 0 atom stereocenters. The number of thioether (sulfide) groups is 1. The van der Waals surface area contributed by atoms with Gasteiger partial charge in [0, 0.05) is 12.3 Å². The summed E-state index contributed by atoms with van der Waals surface area (Å²) in [6.07, 6.45) is 2.56. The van der Waals surface area contributed by atoms with Gasteiger partial charge in [-0.05, 0) is 35.1 Å². The molecule has 2 nitrogen and oxygen atoms in total. The van der Waals surface area contributed by atoms with Gasteiger partial charge in [-0.1, -0.05) is 42.5 Å². The standard InChI is InChI=1S/C17H19NOS/c19-17(18-10-13-8-9-13)12-20-11-15-6-3-5-14-4-1-2-7-16(14)15/h1-7,13H,8-12H2,(H,18,19). The van der Waals surface area contributed by atoms with E-state index in [1.807, 2.05) is 0 Å². The Hall–Kier alpha value is -1.48. The van der Waals surface area contributed by atoms with Crippen molar-refractivity contribution >= 4 is 28.4 Å². The molecule has 20 heavy (non-hydrogen) atoms. The van der Waals surface area contributed by atoms with Gasteiger partial charge in [0.1, 0.15) is 0 Å². The van der Waals surface area contributed by atoms with Crippen molar-refractivity contribution in [1.29, 1.82) is 0 Å². The maximum absolute atomic E-state index is 11.7. The average molecular weight is 285 g/mol. The summed E-state index contributed by atoms with van der Waals surface area (Å²) in [6, 6.07) is 14.8. The van der Waals surface area contributed by atoms with Crippen molar-refractivity contribution in [3.63, 3.8) is 0 Å². The topological polar surface area (TPSA) is 29.1 Å². The highest BCUT2D eigenvalue weighted by atomic mass is 32.2. The smallest absolute Gasteiger partial charge is 0.230 e. The van der Waals surface area contributed by atoms with E-state index in [4.69, 9.17) is 0 Å². The minimum absolute atomic E-state index is 0.169. The van der Waals surface area contributed by atoms with Crippen LogP contribution in [0.5, 0.6) is 0 Å². The van der Waals surface area contributed by atoms with E-state index in [-0.39, 0.29) is 5.91 Å². The van der Waals surface area contributed by atoms with Crippen molar-refractivity contribution in [1.82, 2.24) is 5.32 Å². The van der Waals surface area contributed by atoms with E-state index in [2.05, 4.69) is 47.8 Å². The number of amides is 1. The van der Waals surface area contributed by atoms with E-state index < -0.39 is 0 Å². The number of fused-ring (bicyclic) bond motifs is 1. The summed E-state index contributed by atoms with van der Waals surface area (Å²) in [7, 11) is 0. The highest BCUT2D eigenvalue weighted by molar-refractivity contribution is 7.99. The van der Waals surface area contributed by atoms with Gasteiger partial charge in [0.2, 0.25) is 5.91 Å². The summed E-state index contributed by atoms with van der Waals surface area (Å²) in [5.74, 6) is 2.36. The minimum atomic E-state index is 0.169. The quantitative estimate of drug-likeness (QED) is 0.878. The van der Waals surface area contributed by atoms with Crippen LogP contribution in [0.15, 0.2) is 42.5 Å². The molecule has 0 spiro atoms. The lowest BCUT2D eigenvalue weighted by molar-refractivity contribution is -0.118. The lowest BCUT2D eigenvalue weighted by Gasteiger charge is -2.07. The minimum Gasteiger partial charge on any atom is -0.355 e. The molecule has 0 unspecified atom stereocenters. The van der Waals surface area contributed by atoms with Gasteiger partial charge < -0.3 is 5.32 Å². The Morgan fingerprint density at radius 1 is 1.15 bits per heavy atom. The number of carbonyl (C=O) groups excluding carboxylic acids is 1. The van der Waals surface area contributed by atoms with Gasteiger partial charge in [0.25, 0.3) is 0 Å². The van der Waals surface area contributed by atoms with Gasteiger partial charge in [-0.25, -0.2) is 0 Å². The number of hydrogen-bond donors (Lipinski definition) is 1. The number of carbonyl (C=O) groups is 1. The first-order chi connectivity index (χ1) is 9.83. The lowest BCUT2D eigenvalue weighted by atomic mass is 10.1. The van der Waals surface area contributed by atoms with Crippen LogP contribution in [0.1, 0.15) is 18.4 Å². The Morgan fingerprint density at radius 2 is 1.95 bits per heavy atom. The Kier molecular flexibility index (Phi) is 4.26. The zero-order valence-corrected chi connectivity index (χ0v) is 12.3. The molecule has 1 fully saturated rings. The van der Waals surface area contributed by atoms with Gasteiger partial charge in [0.05, 0.1) is 5.75 Å². The van der Waals surface area contributed by atoms with E-state index in [9.17, 15) is 4.79 Å². The summed E-state index contributed by atoms with van der Waals surface area (Å²) in [5, 5.41) is 5.57. The van der Waals surface area contributed by atoms with Gasteiger partial charge in [-0.15, -0.1) is 11.8 Å². The fourth-order valence-electron chi connectivity index (χ4n) is 2.30. The van der Waals surface area contributed by atoms with E-state index in [0.29, 0.717) is 5.75 Å². The van der Waals surface area contributed by atoms with Crippen LogP contribution in [-0.4, -0.2) is 18.2 Å². The molecule has 0 aliphatic heterocycles. The molecule has 0 saturated heterocycles. The summed E-state index contributed by atoms with van der Waals surface area (Å²) in [6.45, 7) is 0.869. The highest BCUT2D eigenvalue weighted by Crippen LogP contribution is 2.27. The van der Waals surface area contributed by atoms with E-state index in [1.165, 1.54) is 29.2 Å². The molecule has 3 rings (SSSR count). The fraction of sp³-hybridized carbons (Fsp3) is 0.353. The van der Waals surface area contributed by atoms with Gasteiger partial charge in [-0.3, -0.25) is 4.79 Å². The molecular weight excluding hydrogens is 266 g/mol. The van der Waals surface area contributed by atoms with Crippen LogP contribution in [0.4, 0.5) is 0 Å². The first kappa shape index (κ1) is 13.5. The van der Waals surface area contributed by atoms with Crippen LogP contribution in [0.3, 0.4) is 0 Å². The molecule has 3 heteroatoms. The third kappa shape index (κ3) is 3.54. The summed E-state index contributed by atoms with van der Waals surface area (Å²) >= 11 is 1.69. The molecule has 0 aromatic heterocycles. The Balaban J connectivity index is 1.52. The maximum atomic E-state index is 11.7. The second-order valence-corrected chi connectivity index (χ2v) is 6.36. The van der Waals surface area contributed by atoms with Crippen molar-refractivity contribution in [3.05, 3.63) is 48.0 Å². The molecule has 1 aliphatic rings. The van der Waals surface area contributed by atoms with Gasteiger partial charge >= 0.3 is 0 Å². The van der Waals surface area contributed by atoms with Crippen LogP contribution in [0, 0.1) is 5.92 Å². The summed E-state index contributed by atoms with van der Waals surface area (Å²) < 4.78 is 0. The molecule has 2 aromatic rings. The Bertz CT molecular complexity index is 601. The molecule has 1 amide bonds. The van der Waals surface area contributed by atoms with Crippen molar-refractivity contribution in [2.45, 2.75) is 18.6 Å². The maximum Gasteiger partial charge on any atom is 0.230 e. The van der Waals surface area contributed by atoms with Crippen LogP contribution >= 0.6 is 11.8 Å². The largest absolute Gasteiger partial charge is 0.355 e. The summed E-state index contributed by atoms with van der Waals surface area (Å²) in [4.78, 5) is 11.7. The first-order valence-electron chi connectivity index (χ1n) is 7.14. The molecule has 0 radical (unpaired) electrons. The van der Waals surface area contributed by atoms with Gasteiger partial charge in [-0.2, -0.15) is 0 Å². The molecule has 1 aliphatic carbocycles. The fourth-order valence-corrected chi connectivity index (χ4v) is 3.16. The second kappa shape index (κ2) is 6.31. The number of nitrogens with one attached hydrogen (secondary N) is 1. The monoisotopic (exact) mass is 285 g/mol. The van der Waals surface area contributed by atoms with Crippen molar-refractivity contribution in [3.8, 4) is 0 Å². The molecule has 0 bridgehead atoms. The second-order valence-electron chi connectivity index (χ2n) is 5.38. The Labute approximate surface area is 123 Å². The number of benzene rings is 2. The van der Waals surface area contributed by atoms with E-state index >= 15 is 0 Å². The van der Waals surface area contributed by atoms with Crippen molar-refractivity contribution in [2.75, 3.05) is 12.3 Å². The predicted molar refractivity (Wildman–Crippen MR) is 85.8 cm³/mol. The zero-order chi connectivity index (χ0) is 13.8. The molecular formula is C17H19NOS. The van der Waals surface area contributed by atoms with Crippen LogP contribution in [0.25, 0.3) is 10.8 Å². The first-order valence-corrected chi connectivity index (χ1v) is 8.29. The van der Waals surface area contributed by atoms with Crippen LogP contribution in [0.2, 0.25) is 0 Å². The van der Waals surface area contributed by atoms with Gasteiger partial charge in [0.15, 0.2) is 0 Å². The molecule has 0 heterocycles. The molecule has 1 N–H and O–H groups in total. The average Bonchev–Trinajstić information content (AvgIpc) is 3.30. The zero-order valence-electron chi connectivity index (χ0n) is 11.5. The van der Waals surface area contributed by atoms with E-state index in [0.717, 1.165) is 18.2 Å². The third-order valence-corrected chi connectivity index (χ3v) is 4.64. The Morgan fingerprint density at radius 3 is 2.80 bits per heavy atom. The van der Waals surface area contributed by atoms with Crippen LogP contribution < -0.4 is 5.32 Å². The molecule has 104 valence electrons. The van der Waals surface area contributed by atoms with Crippen LogP contribution in [-0.2, 0) is 10.5 Å². The lowest BCUT2D eigenvalue weighted by Crippen LogP contribution is -2.27.